The van der Waals surface area contributed by atoms with Crippen LogP contribution in [-0.2, 0) is 11.2 Å². The van der Waals surface area contributed by atoms with Gasteiger partial charge in [0.1, 0.15) is 11.8 Å². The quantitative estimate of drug-likeness (QED) is 0.720. The molecule has 0 spiro atoms. The summed E-state index contributed by atoms with van der Waals surface area (Å²) in [6.45, 7) is 0. The third kappa shape index (κ3) is 2.91. The molecule has 0 atom stereocenters. The molecule has 1 amide bonds. The monoisotopic (exact) mass is 175 g/mol. The molecule has 0 saturated heterocycles. The molecule has 0 bridgehead atoms. The minimum absolute atomic E-state index is 0.300. The number of carbonyl (C=O) groups excluding carboxylic acids is 1. The summed E-state index contributed by atoms with van der Waals surface area (Å²) in [7, 11) is 0. The summed E-state index contributed by atoms with van der Waals surface area (Å²) in [5, 5.41) is 8.54. The van der Waals surface area contributed by atoms with Crippen LogP contribution in [0.4, 0.5) is 0 Å². The van der Waals surface area contributed by atoms with Gasteiger partial charge in [-0.15, -0.1) is 0 Å². The van der Waals surface area contributed by atoms with Gasteiger partial charge in [-0.1, -0.05) is 0 Å². The maximum absolute atomic E-state index is 10.5. The van der Waals surface area contributed by atoms with Crippen LogP contribution in [-0.4, -0.2) is 10.9 Å². The number of hydrogen-bond acceptors (Lipinski definition) is 3. The zero-order valence-corrected chi connectivity index (χ0v) is 7.03. The Morgan fingerprint density at radius 1 is 1.69 bits per heavy atom. The molecule has 0 aliphatic rings. The van der Waals surface area contributed by atoms with Crippen LogP contribution in [0.1, 0.15) is 17.7 Å². The molecule has 0 saturated carbocycles. The lowest BCUT2D eigenvalue weighted by molar-refractivity contribution is -0.117. The van der Waals surface area contributed by atoms with Crippen LogP contribution in [0.25, 0.3) is 0 Å². The predicted octanol–water partition coefficient (Wildman–Crippen LogP) is 0.371. The van der Waals surface area contributed by atoms with Crippen molar-refractivity contribution >= 4 is 5.91 Å². The summed E-state index contributed by atoms with van der Waals surface area (Å²) in [5.41, 5.74) is 6.26. The Morgan fingerprint density at radius 3 is 3.08 bits per heavy atom. The molecule has 1 aromatic heterocycles. The minimum Gasteiger partial charge on any atom is -0.370 e. The van der Waals surface area contributed by atoms with Gasteiger partial charge in [0, 0.05) is 12.6 Å². The summed E-state index contributed by atoms with van der Waals surface area (Å²) < 4.78 is 0. The normalized spacial score (nSPS) is 9.15. The molecule has 4 heteroatoms. The van der Waals surface area contributed by atoms with E-state index in [-0.39, 0.29) is 5.91 Å². The molecular formula is C9H9N3O. The van der Waals surface area contributed by atoms with E-state index < -0.39 is 0 Å². The maximum atomic E-state index is 10.5. The van der Waals surface area contributed by atoms with Crippen molar-refractivity contribution in [2.45, 2.75) is 12.8 Å². The molecule has 0 unspecified atom stereocenters. The van der Waals surface area contributed by atoms with Gasteiger partial charge in [-0.2, -0.15) is 5.26 Å². The highest BCUT2D eigenvalue weighted by molar-refractivity contribution is 5.73. The van der Waals surface area contributed by atoms with E-state index in [4.69, 9.17) is 11.0 Å². The first-order chi connectivity index (χ1) is 6.22. The van der Waals surface area contributed by atoms with Gasteiger partial charge in [0.15, 0.2) is 0 Å². The number of aromatic nitrogens is 1. The van der Waals surface area contributed by atoms with Crippen LogP contribution < -0.4 is 5.73 Å². The van der Waals surface area contributed by atoms with Crippen molar-refractivity contribution in [2.75, 3.05) is 0 Å². The molecule has 0 radical (unpaired) electrons. The van der Waals surface area contributed by atoms with E-state index in [0.29, 0.717) is 18.5 Å². The van der Waals surface area contributed by atoms with Gasteiger partial charge in [0.2, 0.25) is 5.91 Å². The molecule has 2 N–H and O–H groups in total. The SMILES string of the molecule is N#Cc1cc(CCC(N)=O)ccn1. The van der Waals surface area contributed by atoms with Crippen LogP contribution >= 0.6 is 0 Å². The smallest absolute Gasteiger partial charge is 0.217 e. The molecular weight excluding hydrogens is 166 g/mol. The fraction of sp³-hybridized carbons (Fsp3) is 0.222. The average molecular weight is 175 g/mol. The summed E-state index contributed by atoms with van der Waals surface area (Å²) in [4.78, 5) is 14.3. The number of pyridine rings is 1. The van der Waals surface area contributed by atoms with Crippen molar-refractivity contribution < 1.29 is 4.79 Å². The lowest BCUT2D eigenvalue weighted by atomic mass is 10.1. The van der Waals surface area contributed by atoms with E-state index in [1.165, 1.54) is 0 Å². The van der Waals surface area contributed by atoms with Crippen LogP contribution in [0.2, 0.25) is 0 Å². The highest BCUT2D eigenvalue weighted by Gasteiger charge is 1.98. The molecule has 4 nitrogen and oxygen atoms in total. The second-order valence-electron chi connectivity index (χ2n) is 2.63. The number of hydrogen-bond donors (Lipinski definition) is 1. The third-order valence-electron chi connectivity index (χ3n) is 1.60. The zero-order valence-electron chi connectivity index (χ0n) is 7.03. The largest absolute Gasteiger partial charge is 0.370 e. The molecule has 0 fully saturated rings. The van der Waals surface area contributed by atoms with E-state index in [2.05, 4.69) is 4.98 Å². The standard InChI is InChI=1S/C9H9N3O/c10-6-8-5-7(3-4-12-8)1-2-9(11)13/h3-5H,1-2H2,(H2,11,13). The van der Waals surface area contributed by atoms with Crippen molar-refractivity contribution in [2.24, 2.45) is 5.73 Å². The molecule has 0 aliphatic carbocycles. The number of nitrogens with two attached hydrogens (primary N) is 1. The average Bonchev–Trinajstić information content (AvgIpc) is 2.15. The zero-order chi connectivity index (χ0) is 9.68. The number of rotatable bonds is 3. The Labute approximate surface area is 76.0 Å². The molecule has 0 aromatic carbocycles. The molecule has 0 aliphatic heterocycles. The van der Waals surface area contributed by atoms with Gasteiger partial charge < -0.3 is 5.73 Å². The Kier molecular flexibility index (Phi) is 2.98. The van der Waals surface area contributed by atoms with Gasteiger partial charge in [-0.25, -0.2) is 4.98 Å². The second-order valence-corrected chi connectivity index (χ2v) is 2.63. The summed E-state index contributed by atoms with van der Waals surface area (Å²) in [6, 6.07) is 5.35. The summed E-state index contributed by atoms with van der Waals surface area (Å²) in [5.74, 6) is -0.338. The van der Waals surface area contributed by atoms with Gasteiger partial charge >= 0.3 is 0 Å². The molecule has 1 aromatic rings. The lowest BCUT2D eigenvalue weighted by Crippen LogP contribution is -2.11. The number of nitriles is 1. The van der Waals surface area contributed by atoms with Crippen LogP contribution in [0.5, 0.6) is 0 Å². The minimum atomic E-state index is -0.338. The topological polar surface area (TPSA) is 79.8 Å². The highest BCUT2D eigenvalue weighted by atomic mass is 16.1. The van der Waals surface area contributed by atoms with Crippen LogP contribution in [0.3, 0.4) is 0 Å². The van der Waals surface area contributed by atoms with E-state index in [9.17, 15) is 4.79 Å². The Bertz CT molecular complexity index is 354. The molecule has 1 heterocycles. The fourth-order valence-corrected chi connectivity index (χ4v) is 0.958. The fourth-order valence-electron chi connectivity index (χ4n) is 0.958. The number of amides is 1. The molecule has 1 rings (SSSR count). The highest BCUT2D eigenvalue weighted by Crippen LogP contribution is 2.03. The molecule has 66 valence electrons. The number of primary amides is 1. The van der Waals surface area contributed by atoms with Crippen molar-refractivity contribution in [1.82, 2.24) is 4.98 Å². The van der Waals surface area contributed by atoms with Gasteiger partial charge in [0.25, 0.3) is 0 Å². The van der Waals surface area contributed by atoms with Crippen LogP contribution in [0, 0.1) is 11.3 Å². The van der Waals surface area contributed by atoms with Gasteiger partial charge in [-0.05, 0) is 24.1 Å². The van der Waals surface area contributed by atoms with Crippen molar-refractivity contribution in [3.8, 4) is 6.07 Å². The Balaban J connectivity index is 2.68. The second kappa shape index (κ2) is 4.21. The molecule has 13 heavy (non-hydrogen) atoms. The first-order valence-electron chi connectivity index (χ1n) is 3.85. The first-order valence-corrected chi connectivity index (χ1v) is 3.85. The summed E-state index contributed by atoms with van der Waals surface area (Å²) in [6.07, 6.45) is 2.41. The van der Waals surface area contributed by atoms with Gasteiger partial charge in [-0.3, -0.25) is 4.79 Å². The van der Waals surface area contributed by atoms with Crippen molar-refractivity contribution in [3.63, 3.8) is 0 Å². The van der Waals surface area contributed by atoms with E-state index in [1.807, 2.05) is 6.07 Å². The van der Waals surface area contributed by atoms with Crippen molar-refractivity contribution in [3.05, 3.63) is 29.6 Å². The van der Waals surface area contributed by atoms with E-state index in [1.54, 1.807) is 18.3 Å². The number of carbonyl (C=O) groups is 1. The van der Waals surface area contributed by atoms with E-state index >= 15 is 0 Å². The predicted molar refractivity (Wildman–Crippen MR) is 46.5 cm³/mol. The number of aryl methyl sites for hydroxylation is 1. The lowest BCUT2D eigenvalue weighted by Gasteiger charge is -1.97. The van der Waals surface area contributed by atoms with Crippen LogP contribution in [0.15, 0.2) is 18.3 Å². The van der Waals surface area contributed by atoms with Crippen molar-refractivity contribution in [1.29, 1.82) is 5.26 Å². The summed E-state index contributed by atoms with van der Waals surface area (Å²) >= 11 is 0. The Hall–Kier alpha value is -1.89. The third-order valence-corrected chi connectivity index (χ3v) is 1.60. The maximum Gasteiger partial charge on any atom is 0.217 e. The Morgan fingerprint density at radius 2 is 2.46 bits per heavy atom. The van der Waals surface area contributed by atoms with Gasteiger partial charge in [0.05, 0.1) is 0 Å². The van der Waals surface area contributed by atoms with E-state index in [0.717, 1.165) is 5.56 Å². The first kappa shape index (κ1) is 9.20. The number of nitrogens with zero attached hydrogens (tertiary/aromatic N) is 2.